The van der Waals surface area contributed by atoms with Gasteiger partial charge in [0.15, 0.2) is 0 Å². The third kappa shape index (κ3) is 2.87. The maximum absolute atomic E-state index is 13.2. The van der Waals surface area contributed by atoms with Crippen molar-refractivity contribution >= 4 is 18.4 Å². The maximum Gasteiger partial charge on any atom is 0.496 e. The summed E-state index contributed by atoms with van der Waals surface area (Å²) in [4.78, 5) is 3.62. The minimum Gasteiger partial charge on any atom is -0.399 e. The van der Waals surface area contributed by atoms with Crippen molar-refractivity contribution in [1.82, 2.24) is 4.98 Å². The Hall–Kier alpha value is -1.28. The molecule has 1 saturated heterocycles. The largest absolute Gasteiger partial charge is 0.496 e. The van der Waals surface area contributed by atoms with Crippen molar-refractivity contribution in [2.24, 2.45) is 0 Å². The standard InChI is InChI=1S/C13H18BF3N2O2/c1-11(2)12(3,4)21-14(20-11)8-6-9(13(15,16)17)10(18-5)19-7-8/h6-7H,1-5H3,(H,18,19)/i5D3. The van der Waals surface area contributed by atoms with Crippen molar-refractivity contribution in [1.29, 1.82) is 0 Å². The number of aromatic nitrogens is 1. The first kappa shape index (κ1) is 12.3. The molecule has 21 heavy (non-hydrogen) atoms. The number of anilines is 1. The lowest BCUT2D eigenvalue weighted by atomic mass is 9.79. The molecule has 0 aromatic carbocycles. The third-order valence-electron chi connectivity index (χ3n) is 3.86. The summed E-state index contributed by atoms with van der Waals surface area (Å²) >= 11 is 0. The first-order valence-electron chi connectivity index (χ1n) is 7.83. The van der Waals surface area contributed by atoms with Crippen molar-refractivity contribution in [2.45, 2.75) is 45.1 Å². The molecular weight excluding hydrogens is 284 g/mol. The number of nitrogens with zero attached hydrogens (tertiary/aromatic N) is 1. The van der Waals surface area contributed by atoms with E-state index >= 15 is 0 Å². The second-order valence-electron chi connectivity index (χ2n) is 5.88. The first-order chi connectivity index (χ1) is 10.6. The summed E-state index contributed by atoms with van der Waals surface area (Å²) in [5.74, 6) is -0.761. The first-order valence-corrected chi connectivity index (χ1v) is 6.33. The number of pyridine rings is 1. The average molecular weight is 305 g/mol. The van der Waals surface area contributed by atoms with Crippen LogP contribution in [0.5, 0.6) is 0 Å². The summed E-state index contributed by atoms with van der Waals surface area (Å²) in [7, 11) is -1.02. The van der Waals surface area contributed by atoms with Gasteiger partial charge < -0.3 is 14.6 Å². The zero-order valence-corrected chi connectivity index (χ0v) is 12.1. The van der Waals surface area contributed by atoms with Crippen LogP contribution in [0.1, 0.15) is 37.4 Å². The van der Waals surface area contributed by atoms with E-state index in [4.69, 9.17) is 13.4 Å². The van der Waals surface area contributed by atoms with Crippen LogP contribution < -0.4 is 10.8 Å². The van der Waals surface area contributed by atoms with E-state index in [-0.39, 0.29) is 5.46 Å². The highest BCUT2D eigenvalue weighted by atomic mass is 19.4. The molecule has 1 fully saturated rings. The number of hydrogen-bond acceptors (Lipinski definition) is 4. The molecule has 4 nitrogen and oxygen atoms in total. The quantitative estimate of drug-likeness (QED) is 0.852. The normalized spacial score (nSPS) is 23.4. The zero-order valence-electron chi connectivity index (χ0n) is 15.1. The van der Waals surface area contributed by atoms with Crippen LogP contribution in [-0.4, -0.2) is 30.3 Å². The molecule has 2 heterocycles. The summed E-state index contributed by atoms with van der Waals surface area (Å²) in [6.45, 7) is 4.30. The molecule has 0 spiro atoms. The van der Waals surface area contributed by atoms with E-state index in [0.29, 0.717) is 0 Å². The molecule has 2 rings (SSSR count). The summed E-state index contributed by atoms with van der Waals surface area (Å²) in [6, 6.07) is 0.795. The van der Waals surface area contributed by atoms with Gasteiger partial charge in [-0.1, -0.05) is 0 Å². The molecule has 1 N–H and O–H groups in total. The number of hydrogen-bond donors (Lipinski definition) is 1. The fraction of sp³-hybridized carbons (Fsp3) is 0.615. The molecule has 0 amide bonds. The fourth-order valence-electron chi connectivity index (χ4n) is 1.90. The fourth-order valence-corrected chi connectivity index (χ4v) is 1.90. The summed E-state index contributed by atoms with van der Waals surface area (Å²) in [5, 5.41) is 1.79. The lowest BCUT2D eigenvalue weighted by Gasteiger charge is -2.32. The van der Waals surface area contributed by atoms with Crippen molar-refractivity contribution in [3.63, 3.8) is 0 Å². The van der Waals surface area contributed by atoms with E-state index < -0.39 is 42.9 Å². The van der Waals surface area contributed by atoms with Gasteiger partial charge in [0.25, 0.3) is 0 Å². The van der Waals surface area contributed by atoms with Crippen molar-refractivity contribution < 1.29 is 26.6 Å². The van der Waals surface area contributed by atoms with Gasteiger partial charge in [-0.3, -0.25) is 0 Å². The average Bonchev–Trinajstić information content (AvgIpc) is 2.55. The van der Waals surface area contributed by atoms with Crippen LogP contribution in [0.3, 0.4) is 0 Å². The lowest BCUT2D eigenvalue weighted by molar-refractivity contribution is -0.137. The Morgan fingerprint density at radius 1 is 1.24 bits per heavy atom. The molecule has 1 aromatic rings. The van der Waals surface area contributed by atoms with Gasteiger partial charge in [0, 0.05) is 22.7 Å². The highest BCUT2D eigenvalue weighted by molar-refractivity contribution is 6.62. The van der Waals surface area contributed by atoms with E-state index in [1.165, 1.54) is 0 Å². The number of rotatable bonds is 2. The van der Waals surface area contributed by atoms with Gasteiger partial charge in [0.1, 0.15) is 5.82 Å². The Morgan fingerprint density at radius 3 is 2.29 bits per heavy atom. The second kappa shape index (κ2) is 4.88. The van der Waals surface area contributed by atoms with Crippen LogP contribution in [0.2, 0.25) is 0 Å². The molecule has 0 aliphatic carbocycles. The van der Waals surface area contributed by atoms with Gasteiger partial charge >= 0.3 is 13.3 Å². The van der Waals surface area contributed by atoms with Gasteiger partial charge in [0.05, 0.1) is 16.8 Å². The number of alkyl halides is 3. The molecule has 0 atom stereocenters. The molecule has 116 valence electrons. The van der Waals surface area contributed by atoms with Crippen molar-refractivity contribution in [3.8, 4) is 0 Å². The lowest BCUT2D eigenvalue weighted by Crippen LogP contribution is -2.41. The number of nitrogens with one attached hydrogen (secondary N) is 1. The monoisotopic (exact) mass is 305 g/mol. The molecule has 0 saturated carbocycles. The Kier molecular flexibility index (Phi) is 2.85. The summed E-state index contributed by atoms with van der Waals surface area (Å²) in [5.41, 5.74) is -2.56. The van der Waals surface area contributed by atoms with Crippen molar-refractivity contribution in [2.75, 3.05) is 12.3 Å². The minimum absolute atomic E-state index is 0.0667. The summed E-state index contributed by atoms with van der Waals surface area (Å²) < 4.78 is 72.3. The van der Waals surface area contributed by atoms with Gasteiger partial charge in [-0.25, -0.2) is 4.98 Å². The van der Waals surface area contributed by atoms with Crippen molar-refractivity contribution in [3.05, 3.63) is 17.8 Å². The number of halogens is 3. The predicted molar refractivity (Wildman–Crippen MR) is 74.5 cm³/mol. The molecular formula is C13H18BF3N2O2. The molecule has 1 aromatic heterocycles. The highest BCUT2D eigenvalue weighted by Gasteiger charge is 2.52. The van der Waals surface area contributed by atoms with E-state index in [2.05, 4.69) is 4.98 Å². The molecule has 8 heteroatoms. The molecule has 0 unspecified atom stereocenters. The van der Waals surface area contributed by atoms with Gasteiger partial charge in [0.2, 0.25) is 0 Å². The third-order valence-corrected chi connectivity index (χ3v) is 3.86. The molecule has 1 aliphatic heterocycles. The molecule has 0 radical (unpaired) electrons. The predicted octanol–water partition coefficient (Wildman–Crippen LogP) is 2.44. The smallest absolute Gasteiger partial charge is 0.399 e. The zero-order chi connectivity index (χ0) is 18.6. The Bertz CT molecular complexity index is 620. The van der Waals surface area contributed by atoms with Gasteiger partial charge in [-0.2, -0.15) is 13.2 Å². The van der Waals surface area contributed by atoms with E-state index in [9.17, 15) is 13.2 Å². The van der Waals surface area contributed by atoms with Crippen LogP contribution in [0.15, 0.2) is 12.3 Å². The van der Waals surface area contributed by atoms with E-state index in [0.717, 1.165) is 12.3 Å². The van der Waals surface area contributed by atoms with Crippen LogP contribution in [0.4, 0.5) is 19.0 Å². The maximum atomic E-state index is 13.2. The summed E-state index contributed by atoms with van der Waals surface area (Å²) in [6.07, 6.45) is -3.66. The molecule has 0 bridgehead atoms. The SMILES string of the molecule is [2H]C([2H])([2H])Nc1ncc(B2OC(C)(C)C(C)(C)O2)cc1C(F)(F)F. The molecule has 1 aliphatic rings. The Morgan fingerprint density at radius 2 is 1.81 bits per heavy atom. The van der Waals surface area contributed by atoms with Gasteiger partial charge in [-0.15, -0.1) is 0 Å². The topological polar surface area (TPSA) is 43.4 Å². The van der Waals surface area contributed by atoms with Crippen LogP contribution in [0.25, 0.3) is 0 Å². The van der Waals surface area contributed by atoms with Crippen LogP contribution in [-0.2, 0) is 15.5 Å². The minimum atomic E-state index is -4.78. The Balaban J connectivity index is 2.41. The second-order valence-corrected chi connectivity index (χ2v) is 5.88. The van der Waals surface area contributed by atoms with Crippen LogP contribution >= 0.6 is 0 Å². The van der Waals surface area contributed by atoms with Gasteiger partial charge in [-0.05, 0) is 33.8 Å². The van der Waals surface area contributed by atoms with E-state index in [1.54, 1.807) is 33.0 Å². The highest BCUT2D eigenvalue weighted by Crippen LogP contribution is 2.37. The van der Waals surface area contributed by atoms with E-state index in [1.807, 2.05) is 0 Å². The van der Waals surface area contributed by atoms with Crippen LogP contribution in [0, 0.1) is 0 Å². The Labute approximate surface area is 126 Å².